The topological polar surface area (TPSA) is 88.0 Å². The molecule has 1 heterocycles. The molecule has 0 radical (unpaired) electrons. The van der Waals surface area contributed by atoms with E-state index < -0.39 is 10.0 Å². The van der Waals surface area contributed by atoms with E-state index in [0.717, 1.165) is 5.57 Å². The maximum Gasteiger partial charge on any atom is 0.242 e. The second-order valence-electron chi connectivity index (χ2n) is 4.24. The van der Waals surface area contributed by atoms with E-state index in [1.807, 2.05) is 0 Å². The number of hydrogen-bond donors (Lipinski definition) is 3. The minimum Gasteiger partial charge on any atom is -0.399 e. The van der Waals surface area contributed by atoms with Crippen molar-refractivity contribution < 1.29 is 8.42 Å². The number of H-pyrrole nitrogens is 1. The van der Waals surface area contributed by atoms with Gasteiger partial charge in [-0.3, -0.25) is 0 Å². The molecule has 0 fully saturated rings. The lowest BCUT2D eigenvalue weighted by Gasteiger charge is -2.05. The Bertz CT molecular complexity index is 701. The summed E-state index contributed by atoms with van der Waals surface area (Å²) in [5.74, 6) is 0. The van der Waals surface area contributed by atoms with Crippen molar-refractivity contribution >= 4 is 26.6 Å². The summed E-state index contributed by atoms with van der Waals surface area (Å²) in [6.07, 6.45) is 1.46. The van der Waals surface area contributed by atoms with Gasteiger partial charge in [0.15, 0.2) is 0 Å². The van der Waals surface area contributed by atoms with Crippen LogP contribution in [0.3, 0.4) is 0 Å². The Hall–Kier alpha value is -1.79. The predicted molar refractivity (Wildman–Crippen MR) is 72.7 cm³/mol. The van der Waals surface area contributed by atoms with E-state index in [9.17, 15) is 8.42 Å². The minimum atomic E-state index is -3.53. The predicted octanol–water partition coefficient (Wildman–Crippen LogP) is 1.60. The Morgan fingerprint density at radius 3 is 2.89 bits per heavy atom. The van der Waals surface area contributed by atoms with Crippen LogP contribution in [-0.2, 0) is 10.0 Å². The molecule has 18 heavy (non-hydrogen) atoms. The summed E-state index contributed by atoms with van der Waals surface area (Å²) in [4.78, 5) is 3.12. The number of sulfonamides is 1. The van der Waals surface area contributed by atoms with E-state index in [4.69, 9.17) is 5.73 Å². The first-order valence-electron chi connectivity index (χ1n) is 5.41. The molecule has 1 aromatic heterocycles. The van der Waals surface area contributed by atoms with Gasteiger partial charge in [0.25, 0.3) is 0 Å². The summed E-state index contributed by atoms with van der Waals surface area (Å²) in [6, 6.07) is 5.07. The lowest BCUT2D eigenvalue weighted by Crippen LogP contribution is -2.24. The van der Waals surface area contributed by atoms with Crippen LogP contribution in [0.4, 0.5) is 5.69 Å². The Kier molecular flexibility index (Phi) is 3.14. The van der Waals surface area contributed by atoms with Gasteiger partial charge in [-0.25, -0.2) is 13.1 Å². The molecule has 0 amide bonds. The standard InChI is InChI=1S/C12H15N3O2S/c1-8(2)6-15-18(16,17)12-7-14-11-5-9(13)3-4-10(11)12/h3-5,7,14-15H,1,6,13H2,2H3. The molecule has 0 saturated heterocycles. The Morgan fingerprint density at radius 2 is 2.22 bits per heavy atom. The van der Waals surface area contributed by atoms with Crippen LogP contribution in [0, 0.1) is 0 Å². The van der Waals surface area contributed by atoms with E-state index in [1.54, 1.807) is 25.1 Å². The normalized spacial score (nSPS) is 11.8. The lowest BCUT2D eigenvalue weighted by atomic mass is 10.2. The van der Waals surface area contributed by atoms with Crippen molar-refractivity contribution in [2.24, 2.45) is 0 Å². The fraction of sp³-hybridized carbons (Fsp3) is 0.167. The van der Waals surface area contributed by atoms with Crippen molar-refractivity contribution in [1.82, 2.24) is 9.71 Å². The lowest BCUT2D eigenvalue weighted by molar-refractivity contribution is 0.585. The number of aromatic nitrogens is 1. The zero-order chi connectivity index (χ0) is 13.3. The van der Waals surface area contributed by atoms with Crippen molar-refractivity contribution in [1.29, 1.82) is 0 Å². The molecule has 0 bridgehead atoms. The molecule has 5 nitrogen and oxygen atoms in total. The number of hydrogen-bond acceptors (Lipinski definition) is 3. The highest BCUT2D eigenvalue weighted by atomic mass is 32.2. The van der Waals surface area contributed by atoms with Crippen LogP contribution in [0.25, 0.3) is 10.9 Å². The van der Waals surface area contributed by atoms with Crippen LogP contribution in [0.1, 0.15) is 6.92 Å². The molecular weight excluding hydrogens is 250 g/mol. The van der Waals surface area contributed by atoms with E-state index >= 15 is 0 Å². The molecule has 2 aromatic rings. The molecule has 0 unspecified atom stereocenters. The van der Waals surface area contributed by atoms with Crippen molar-refractivity contribution in [3.05, 3.63) is 36.5 Å². The molecule has 0 aliphatic rings. The Balaban J connectivity index is 2.45. The van der Waals surface area contributed by atoms with Gasteiger partial charge in [0.05, 0.1) is 0 Å². The third kappa shape index (κ3) is 2.39. The average Bonchev–Trinajstić information content (AvgIpc) is 2.70. The average molecular weight is 265 g/mol. The van der Waals surface area contributed by atoms with Gasteiger partial charge in [0.1, 0.15) is 4.90 Å². The van der Waals surface area contributed by atoms with Crippen LogP contribution >= 0.6 is 0 Å². The molecule has 0 aliphatic heterocycles. The molecule has 4 N–H and O–H groups in total. The highest BCUT2D eigenvalue weighted by Crippen LogP contribution is 2.24. The summed E-state index contributed by atoms with van der Waals surface area (Å²) < 4.78 is 26.7. The van der Waals surface area contributed by atoms with Gasteiger partial charge in [-0.1, -0.05) is 12.2 Å². The highest BCUT2D eigenvalue weighted by Gasteiger charge is 2.18. The van der Waals surface area contributed by atoms with Crippen molar-refractivity contribution in [3.63, 3.8) is 0 Å². The van der Waals surface area contributed by atoms with Crippen LogP contribution in [0.2, 0.25) is 0 Å². The number of nitrogens with two attached hydrogens (primary N) is 1. The number of rotatable bonds is 4. The number of nitrogens with one attached hydrogen (secondary N) is 2. The van der Waals surface area contributed by atoms with E-state index in [1.165, 1.54) is 6.20 Å². The van der Waals surface area contributed by atoms with E-state index in [2.05, 4.69) is 16.3 Å². The van der Waals surface area contributed by atoms with Crippen LogP contribution in [0.15, 0.2) is 41.4 Å². The number of fused-ring (bicyclic) bond motifs is 1. The van der Waals surface area contributed by atoms with E-state index in [0.29, 0.717) is 16.6 Å². The summed E-state index contributed by atoms with van der Waals surface area (Å²) in [7, 11) is -3.53. The summed E-state index contributed by atoms with van der Waals surface area (Å²) in [5, 5.41) is 0.624. The number of nitrogen functional groups attached to an aromatic ring is 1. The van der Waals surface area contributed by atoms with Gasteiger partial charge in [0.2, 0.25) is 10.0 Å². The van der Waals surface area contributed by atoms with Crippen LogP contribution < -0.4 is 10.5 Å². The Labute approximate surface area is 106 Å². The number of aromatic amines is 1. The third-order valence-corrected chi connectivity index (χ3v) is 3.96. The largest absolute Gasteiger partial charge is 0.399 e. The quantitative estimate of drug-likeness (QED) is 0.579. The molecule has 2 rings (SSSR count). The van der Waals surface area contributed by atoms with Gasteiger partial charge < -0.3 is 10.7 Å². The molecule has 96 valence electrons. The maximum absolute atomic E-state index is 12.1. The van der Waals surface area contributed by atoms with Gasteiger partial charge in [-0.2, -0.15) is 0 Å². The monoisotopic (exact) mass is 265 g/mol. The first kappa shape index (κ1) is 12.7. The van der Waals surface area contributed by atoms with Crippen LogP contribution in [-0.4, -0.2) is 19.9 Å². The molecule has 0 spiro atoms. The minimum absolute atomic E-state index is 0.221. The van der Waals surface area contributed by atoms with E-state index in [-0.39, 0.29) is 11.4 Å². The van der Waals surface area contributed by atoms with Gasteiger partial charge in [-0.05, 0) is 25.1 Å². The second-order valence-corrected chi connectivity index (χ2v) is 5.97. The zero-order valence-electron chi connectivity index (χ0n) is 10.0. The van der Waals surface area contributed by atoms with Crippen molar-refractivity contribution in [3.8, 4) is 0 Å². The summed E-state index contributed by atoms with van der Waals surface area (Å²) >= 11 is 0. The second kappa shape index (κ2) is 4.47. The maximum atomic E-state index is 12.1. The third-order valence-electron chi connectivity index (χ3n) is 2.52. The van der Waals surface area contributed by atoms with Gasteiger partial charge in [0, 0.05) is 29.3 Å². The molecule has 0 aliphatic carbocycles. The molecule has 0 saturated carbocycles. The highest BCUT2D eigenvalue weighted by molar-refractivity contribution is 7.89. The SMILES string of the molecule is C=C(C)CNS(=O)(=O)c1c[nH]c2cc(N)ccc12. The smallest absolute Gasteiger partial charge is 0.242 e. The fourth-order valence-corrected chi connectivity index (χ4v) is 2.91. The Morgan fingerprint density at radius 1 is 1.50 bits per heavy atom. The first-order chi connectivity index (χ1) is 8.40. The fourth-order valence-electron chi connectivity index (χ4n) is 1.64. The first-order valence-corrected chi connectivity index (χ1v) is 6.89. The molecule has 0 atom stereocenters. The summed E-state index contributed by atoms with van der Waals surface area (Å²) in [5.41, 5.74) is 7.68. The molecule has 6 heteroatoms. The van der Waals surface area contributed by atoms with Gasteiger partial charge in [-0.15, -0.1) is 0 Å². The number of benzene rings is 1. The van der Waals surface area contributed by atoms with Gasteiger partial charge >= 0.3 is 0 Å². The summed E-state index contributed by atoms with van der Waals surface area (Å²) in [6.45, 7) is 5.65. The van der Waals surface area contributed by atoms with Crippen LogP contribution in [0.5, 0.6) is 0 Å². The zero-order valence-corrected chi connectivity index (χ0v) is 10.8. The molecular formula is C12H15N3O2S. The number of anilines is 1. The van der Waals surface area contributed by atoms with Crippen molar-refractivity contribution in [2.45, 2.75) is 11.8 Å². The molecule has 1 aromatic carbocycles. The van der Waals surface area contributed by atoms with Crippen molar-refractivity contribution in [2.75, 3.05) is 12.3 Å².